The molecule has 6 nitrogen and oxygen atoms in total. The van der Waals surface area contributed by atoms with Crippen molar-refractivity contribution in [2.75, 3.05) is 6.61 Å². The average molecular weight is 298 g/mol. The van der Waals surface area contributed by atoms with Gasteiger partial charge in [-0.15, -0.1) is 0 Å². The molecule has 0 bridgehead atoms. The van der Waals surface area contributed by atoms with Crippen molar-refractivity contribution >= 4 is 5.91 Å². The molecule has 0 saturated heterocycles. The first-order valence-corrected chi connectivity index (χ1v) is 6.72. The zero-order valence-electron chi connectivity index (χ0n) is 11.6. The number of benzene rings is 1. The summed E-state index contributed by atoms with van der Waals surface area (Å²) in [7, 11) is 0. The number of carbonyl (C=O) groups excluding carboxylic acids is 1. The molecule has 2 N–H and O–H groups in total. The van der Waals surface area contributed by atoms with Crippen molar-refractivity contribution in [1.82, 2.24) is 10.3 Å². The zero-order chi connectivity index (χ0) is 15.4. The molecule has 1 unspecified atom stereocenters. The minimum absolute atomic E-state index is 0.241. The molecule has 3 rings (SSSR count). The summed E-state index contributed by atoms with van der Waals surface area (Å²) in [6.07, 6.45) is 4.45. The van der Waals surface area contributed by atoms with Gasteiger partial charge in [0.1, 0.15) is 11.8 Å². The fraction of sp³-hybridized carbons (Fsp3) is 0.125. The van der Waals surface area contributed by atoms with Gasteiger partial charge in [-0.2, -0.15) is 0 Å². The van der Waals surface area contributed by atoms with Crippen molar-refractivity contribution in [3.8, 4) is 11.3 Å². The van der Waals surface area contributed by atoms with Crippen LogP contribution in [0.25, 0.3) is 11.3 Å². The summed E-state index contributed by atoms with van der Waals surface area (Å²) in [5, 5.41) is 12.1. The Morgan fingerprint density at radius 1 is 1.23 bits per heavy atom. The van der Waals surface area contributed by atoms with Crippen LogP contribution in [0.5, 0.6) is 0 Å². The van der Waals surface area contributed by atoms with Crippen LogP contribution < -0.4 is 5.32 Å². The van der Waals surface area contributed by atoms with Gasteiger partial charge < -0.3 is 19.3 Å². The number of nitrogens with zero attached hydrogens (tertiary/aromatic N) is 1. The number of amides is 1. The molecule has 0 saturated carbocycles. The van der Waals surface area contributed by atoms with Gasteiger partial charge in [-0.3, -0.25) is 4.79 Å². The molecule has 0 spiro atoms. The summed E-state index contributed by atoms with van der Waals surface area (Å²) >= 11 is 0. The normalized spacial score (nSPS) is 12.0. The average Bonchev–Trinajstić information content (AvgIpc) is 3.25. The van der Waals surface area contributed by atoms with Crippen LogP contribution in [0.4, 0.5) is 0 Å². The van der Waals surface area contributed by atoms with Gasteiger partial charge in [0, 0.05) is 11.1 Å². The van der Waals surface area contributed by atoms with Crippen molar-refractivity contribution in [3.63, 3.8) is 0 Å². The predicted molar refractivity (Wildman–Crippen MR) is 77.9 cm³/mol. The lowest BCUT2D eigenvalue weighted by Crippen LogP contribution is -2.30. The third kappa shape index (κ3) is 2.91. The molecular formula is C16H14N2O4. The number of aromatic nitrogens is 1. The van der Waals surface area contributed by atoms with E-state index in [4.69, 9.17) is 8.83 Å². The molecule has 1 atom stereocenters. The first-order chi connectivity index (χ1) is 10.8. The fourth-order valence-electron chi connectivity index (χ4n) is 2.08. The Morgan fingerprint density at radius 3 is 2.64 bits per heavy atom. The van der Waals surface area contributed by atoms with Crippen molar-refractivity contribution in [3.05, 3.63) is 66.6 Å². The van der Waals surface area contributed by atoms with E-state index in [2.05, 4.69) is 10.3 Å². The molecule has 1 amide bonds. The summed E-state index contributed by atoms with van der Waals surface area (Å²) in [6.45, 7) is -0.241. The standard InChI is InChI=1S/C16H14N2O4/c19-9-13(14-2-1-7-21-14)18-16(20)12-5-3-11(4-6-12)15-8-17-10-22-15/h1-8,10,13,19H,9H2,(H,18,20). The molecular weight excluding hydrogens is 284 g/mol. The summed E-state index contributed by atoms with van der Waals surface area (Å²) in [5.41, 5.74) is 1.31. The third-order valence-corrected chi connectivity index (χ3v) is 3.24. The van der Waals surface area contributed by atoms with Crippen LogP contribution in [0, 0.1) is 0 Å². The molecule has 2 aromatic heterocycles. The number of carbonyl (C=O) groups is 1. The minimum atomic E-state index is -0.573. The van der Waals surface area contributed by atoms with Crippen LogP contribution in [-0.4, -0.2) is 22.6 Å². The second-order valence-electron chi connectivity index (χ2n) is 4.67. The van der Waals surface area contributed by atoms with Crippen molar-refractivity contribution in [2.24, 2.45) is 0 Å². The topological polar surface area (TPSA) is 88.5 Å². The maximum absolute atomic E-state index is 12.2. The van der Waals surface area contributed by atoms with E-state index in [1.54, 1.807) is 42.6 Å². The molecule has 0 fully saturated rings. The summed E-state index contributed by atoms with van der Waals surface area (Å²) in [6, 6.07) is 9.75. The molecule has 112 valence electrons. The van der Waals surface area contributed by atoms with Gasteiger partial charge in [-0.1, -0.05) is 12.1 Å². The van der Waals surface area contributed by atoms with Crippen LogP contribution in [0.2, 0.25) is 0 Å². The van der Waals surface area contributed by atoms with Crippen molar-refractivity contribution in [1.29, 1.82) is 0 Å². The predicted octanol–water partition coefficient (Wildman–Crippen LogP) is 2.40. The van der Waals surface area contributed by atoms with Gasteiger partial charge in [-0.25, -0.2) is 4.98 Å². The second kappa shape index (κ2) is 6.28. The Hall–Kier alpha value is -2.86. The Labute approximate surface area is 126 Å². The Balaban J connectivity index is 1.72. The summed E-state index contributed by atoms with van der Waals surface area (Å²) in [5.74, 6) is 0.851. The highest BCUT2D eigenvalue weighted by Crippen LogP contribution is 2.19. The van der Waals surface area contributed by atoms with Crippen molar-refractivity contribution in [2.45, 2.75) is 6.04 Å². The SMILES string of the molecule is O=C(NC(CO)c1ccco1)c1ccc(-c2cnco2)cc1. The minimum Gasteiger partial charge on any atom is -0.467 e. The van der Waals surface area contributed by atoms with E-state index in [9.17, 15) is 9.90 Å². The number of hydrogen-bond donors (Lipinski definition) is 2. The molecule has 6 heteroatoms. The van der Waals surface area contributed by atoms with Gasteiger partial charge in [0.15, 0.2) is 12.2 Å². The number of rotatable bonds is 5. The quantitative estimate of drug-likeness (QED) is 0.755. The van der Waals surface area contributed by atoms with Gasteiger partial charge in [0.2, 0.25) is 0 Å². The molecule has 0 radical (unpaired) electrons. The lowest BCUT2D eigenvalue weighted by Gasteiger charge is -2.14. The molecule has 2 heterocycles. The summed E-state index contributed by atoms with van der Waals surface area (Å²) < 4.78 is 10.4. The van der Waals surface area contributed by atoms with E-state index in [1.165, 1.54) is 12.7 Å². The van der Waals surface area contributed by atoms with E-state index in [0.717, 1.165) is 5.56 Å². The number of aliphatic hydroxyl groups is 1. The molecule has 1 aromatic carbocycles. The fourth-order valence-corrected chi connectivity index (χ4v) is 2.08. The third-order valence-electron chi connectivity index (χ3n) is 3.24. The molecule has 3 aromatic rings. The highest BCUT2D eigenvalue weighted by atomic mass is 16.3. The second-order valence-corrected chi connectivity index (χ2v) is 4.67. The number of aliphatic hydroxyl groups excluding tert-OH is 1. The van der Waals surface area contributed by atoms with Gasteiger partial charge in [0.25, 0.3) is 5.91 Å². The lowest BCUT2D eigenvalue weighted by atomic mass is 10.1. The van der Waals surface area contributed by atoms with Gasteiger partial charge >= 0.3 is 0 Å². The van der Waals surface area contributed by atoms with E-state index in [1.807, 2.05) is 0 Å². The van der Waals surface area contributed by atoms with E-state index >= 15 is 0 Å². The van der Waals surface area contributed by atoms with Crippen LogP contribution in [-0.2, 0) is 0 Å². The maximum atomic E-state index is 12.2. The molecule has 0 aliphatic carbocycles. The van der Waals surface area contributed by atoms with Crippen LogP contribution in [0.15, 0.2) is 64.1 Å². The van der Waals surface area contributed by atoms with E-state index in [0.29, 0.717) is 17.1 Å². The molecule has 0 aliphatic rings. The van der Waals surface area contributed by atoms with Crippen LogP contribution in [0.1, 0.15) is 22.2 Å². The Kier molecular flexibility index (Phi) is 4.02. The summed E-state index contributed by atoms with van der Waals surface area (Å²) in [4.78, 5) is 16.1. The Morgan fingerprint density at radius 2 is 2.05 bits per heavy atom. The lowest BCUT2D eigenvalue weighted by molar-refractivity contribution is 0.0907. The van der Waals surface area contributed by atoms with Crippen LogP contribution in [0.3, 0.4) is 0 Å². The number of hydrogen-bond acceptors (Lipinski definition) is 5. The first-order valence-electron chi connectivity index (χ1n) is 6.72. The number of oxazole rings is 1. The van der Waals surface area contributed by atoms with E-state index in [-0.39, 0.29) is 12.5 Å². The largest absolute Gasteiger partial charge is 0.467 e. The van der Waals surface area contributed by atoms with Gasteiger partial charge in [-0.05, 0) is 24.3 Å². The number of furan rings is 1. The smallest absolute Gasteiger partial charge is 0.251 e. The maximum Gasteiger partial charge on any atom is 0.251 e. The zero-order valence-corrected chi connectivity index (χ0v) is 11.6. The molecule has 22 heavy (non-hydrogen) atoms. The van der Waals surface area contributed by atoms with E-state index < -0.39 is 6.04 Å². The van der Waals surface area contributed by atoms with Gasteiger partial charge in [0.05, 0.1) is 19.1 Å². The monoisotopic (exact) mass is 298 g/mol. The first kappa shape index (κ1) is 14.1. The van der Waals surface area contributed by atoms with Crippen LogP contribution >= 0.6 is 0 Å². The highest BCUT2D eigenvalue weighted by molar-refractivity contribution is 5.94. The van der Waals surface area contributed by atoms with Crippen molar-refractivity contribution < 1.29 is 18.7 Å². The molecule has 0 aliphatic heterocycles. The highest BCUT2D eigenvalue weighted by Gasteiger charge is 2.17. The Bertz CT molecular complexity index is 718. The number of nitrogens with one attached hydrogen (secondary N) is 1.